The summed E-state index contributed by atoms with van der Waals surface area (Å²) in [5.74, 6) is 0.816. The number of likely N-dealkylation sites (N-methyl/N-ethyl adjacent to an activating group) is 1. The van der Waals surface area contributed by atoms with Gasteiger partial charge in [0.05, 0.1) is 19.2 Å². The van der Waals surface area contributed by atoms with Crippen molar-refractivity contribution in [2.75, 3.05) is 27.7 Å². The van der Waals surface area contributed by atoms with E-state index in [0.717, 1.165) is 21.3 Å². The van der Waals surface area contributed by atoms with Gasteiger partial charge >= 0.3 is 6.03 Å². The molecule has 2 rings (SSSR count). The average molecular weight is 420 g/mol. The minimum atomic E-state index is -0.192. The zero-order valence-corrected chi connectivity index (χ0v) is 17.2. The summed E-state index contributed by atoms with van der Waals surface area (Å²) >= 11 is 3.42. The van der Waals surface area contributed by atoms with Crippen LogP contribution in [0.5, 0.6) is 5.75 Å². The van der Waals surface area contributed by atoms with Crippen molar-refractivity contribution in [3.05, 3.63) is 64.1 Å². The fraction of sp³-hybridized carbons (Fsp3) is 0.350. The Morgan fingerprint density at radius 1 is 1.15 bits per heavy atom. The van der Waals surface area contributed by atoms with E-state index in [2.05, 4.69) is 31.5 Å². The first-order valence-corrected chi connectivity index (χ1v) is 9.30. The molecular weight excluding hydrogens is 394 g/mol. The van der Waals surface area contributed by atoms with Crippen molar-refractivity contribution >= 4 is 22.0 Å². The summed E-state index contributed by atoms with van der Waals surface area (Å²) < 4.78 is 6.47. The Balaban J connectivity index is 1.98. The third kappa shape index (κ3) is 5.47. The van der Waals surface area contributed by atoms with Crippen LogP contribution >= 0.6 is 15.9 Å². The number of urea groups is 1. The molecule has 0 radical (unpaired) electrons. The minimum absolute atomic E-state index is 0.0138. The summed E-state index contributed by atoms with van der Waals surface area (Å²) in [5.41, 5.74) is 2.10. The standard InChI is InChI=1S/C20H26BrN3O2/c1-14(15-9-11-16(21)12-10-15)23-20(25)22-13-18(24(2)3)17-7-5-6-8-19(17)26-4/h5-12,14,18H,13H2,1-4H3,(H2,22,23,25). The number of amides is 2. The Labute approximate surface area is 163 Å². The van der Waals surface area contributed by atoms with Crippen LogP contribution in [0.2, 0.25) is 0 Å². The fourth-order valence-electron chi connectivity index (χ4n) is 2.78. The molecule has 2 aromatic rings. The topological polar surface area (TPSA) is 53.6 Å². The van der Waals surface area contributed by atoms with Crippen LogP contribution < -0.4 is 15.4 Å². The van der Waals surface area contributed by atoms with Gasteiger partial charge < -0.3 is 20.3 Å². The predicted molar refractivity (Wildman–Crippen MR) is 109 cm³/mol. The van der Waals surface area contributed by atoms with Gasteiger partial charge in [0.25, 0.3) is 0 Å². The smallest absolute Gasteiger partial charge is 0.315 e. The number of nitrogens with zero attached hydrogens (tertiary/aromatic N) is 1. The SMILES string of the molecule is COc1ccccc1C(CNC(=O)NC(C)c1ccc(Br)cc1)N(C)C. The van der Waals surface area contributed by atoms with Crippen molar-refractivity contribution in [3.63, 3.8) is 0 Å². The summed E-state index contributed by atoms with van der Waals surface area (Å²) in [4.78, 5) is 14.4. The van der Waals surface area contributed by atoms with Crippen LogP contribution in [0.1, 0.15) is 30.1 Å². The first-order valence-electron chi connectivity index (χ1n) is 8.51. The highest BCUT2D eigenvalue weighted by Crippen LogP contribution is 2.27. The molecule has 0 aliphatic carbocycles. The number of para-hydroxylation sites is 1. The first kappa shape index (κ1) is 20.3. The van der Waals surface area contributed by atoms with Gasteiger partial charge in [-0.05, 0) is 44.8 Å². The maximum Gasteiger partial charge on any atom is 0.315 e. The molecule has 0 fully saturated rings. The van der Waals surface area contributed by atoms with Crippen LogP contribution in [0, 0.1) is 0 Å². The summed E-state index contributed by atoms with van der Waals surface area (Å²) in [6.07, 6.45) is 0. The van der Waals surface area contributed by atoms with Crippen LogP contribution in [-0.4, -0.2) is 38.7 Å². The fourth-order valence-corrected chi connectivity index (χ4v) is 3.05. The number of nitrogens with one attached hydrogen (secondary N) is 2. The maximum atomic E-state index is 12.3. The van der Waals surface area contributed by atoms with E-state index in [1.54, 1.807) is 7.11 Å². The van der Waals surface area contributed by atoms with Gasteiger partial charge in [-0.2, -0.15) is 0 Å². The lowest BCUT2D eigenvalue weighted by molar-refractivity contribution is 0.229. The predicted octanol–water partition coefficient (Wildman–Crippen LogP) is 4.12. The van der Waals surface area contributed by atoms with E-state index in [1.807, 2.05) is 69.6 Å². The number of ether oxygens (including phenoxy) is 1. The number of carbonyl (C=O) groups is 1. The summed E-state index contributed by atoms with van der Waals surface area (Å²) in [6, 6.07) is 15.5. The Morgan fingerprint density at radius 2 is 1.81 bits per heavy atom. The summed E-state index contributed by atoms with van der Waals surface area (Å²) in [7, 11) is 5.63. The van der Waals surface area contributed by atoms with Crippen LogP contribution in [0.4, 0.5) is 4.79 Å². The second-order valence-corrected chi connectivity index (χ2v) is 7.26. The quantitative estimate of drug-likeness (QED) is 0.709. The largest absolute Gasteiger partial charge is 0.496 e. The first-order chi connectivity index (χ1) is 12.4. The van der Waals surface area contributed by atoms with Crippen molar-refractivity contribution < 1.29 is 9.53 Å². The Hall–Kier alpha value is -2.05. The van der Waals surface area contributed by atoms with E-state index in [-0.39, 0.29) is 18.1 Å². The van der Waals surface area contributed by atoms with E-state index in [1.165, 1.54) is 0 Å². The normalized spacial score (nSPS) is 13.2. The molecular formula is C20H26BrN3O2. The zero-order chi connectivity index (χ0) is 19.1. The molecule has 0 saturated heterocycles. The molecule has 0 bridgehead atoms. The highest BCUT2D eigenvalue weighted by Gasteiger charge is 2.19. The third-order valence-corrected chi connectivity index (χ3v) is 4.82. The molecule has 2 atom stereocenters. The number of methoxy groups -OCH3 is 1. The van der Waals surface area contributed by atoms with E-state index in [9.17, 15) is 4.79 Å². The molecule has 0 saturated carbocycles. The number of benzene rings is 2. The van der Waals surface area contributed by atoms with Crippen LogP contribution in [-0.2, 0) is 0 Å². The van der Waals surface area contributed by atoms with E-state index in [0.29, 0.717) is 6.54 Å². The third-order valence-electron chi connectivity index (χ3n) is 4.29. The monoisotopic (exact) mass is 419 g/mol. The number of halogens is 1. The number of rotatable bonds is 7. The lowest BCUT2D eigenvalue weighted by atomic mass is 10.0. The molecule has 2 N–H and O–H groups in total. The Kier molecular flexibility index (Phi) is 7.48. The molecule has 26 heavy (non-hydrogen) atoms. The lowest BCUT2D eigenvalue weighted by Crippen LogP contribution is -2.41. The molecule has 0 aliphatic rings. The number of hydrogen-bond acceptors (Lipinski definition) is 3. The molecule has 6 heteroatoms. The van der Waals surface area contributed by atoms with Gasteiger partial charge in [-0.1, -0.05) is 46.3 Å². The molecule has 0 aliphatic heterocycles. The maximum absolute atomic E-state index is 12.3. The molecule has 5 nitrogen and oxygen atoms in total. The molecule has 0 spiro atoms. The highest BCUT2D eigenvalue weighted by atomic mass is 79.9. The molecule has 0 aromatic heterocycles. The summed E-state index contributed by atoms with van der Waals surface area (Å²) in [6.45, 7) is 2.44. The average Bonchev–Trinajstić information content (AvgIpc) is 2.62. The second kappa shape index (κ2) is 9.59. The van der Waals surface area contributed by atoms with Crippen molar-refractivity contribution in [3.8, 4) is 5.75 Å². The van der Waals surface area contributed by atoms with E-state index < -0.39 is 0 Å². The van der Waals surface area contributed by atoms with Gasteiger partial charge in [-0.25, -0.2) is 4.79 Å². The second-order valence-electron chi connectivity index (χ2n) is 6.35. The Morgan fingerprint density at radius 3 is 2.42 bits per heavy atom. The summed E-state index contributed by atoms with van der Waals surface area (Å²) in [5, 5.41) is 5.94. The molecule has 2 aromatic carbocycles. The van der Waals surface area contributed by atoms with Gasteiger partial charge in [0.15, 0.2) is 0 Å². The van der Waals surface area contributed by atoms with Gasteiger partial charge in [-0.15, -0.1) is 0 Å². The molecule has 2 amide bonds. The van der Waals surface area contributed by atoms with Crippen LogP contribution in [0.15, 0.2) is 53.0 Å². The zero-order valence-electron chi connectivity index (χ0n) is 15.6. The highest BCUT2D eigenvalue weighted by molar-refractivity contribution is 9.10. The molecule has 0 heterocycles. The van der Waals surface area contributed by atoms with Gasteiger partial charge in [0, 0.05) is 16.6 Å². The molecule has 2 unspecified atom stereocenters. The minimum Gasteiger partial charge on any atom is -0.496 e. The van der Waals surface area contributed by atoms with Gasteiger partial charge in [-0.3, -0.25) is 0 Å². The van der Waals surface area contributed by atoms with Gasteiger partial charge in [0.1, 0.15) is 5.75 Å². The van der Waals surface area contributed by atoms with Crippen molar-refractivity contribution in [2.24, 2.45) is 0 Å². The van der Waals surface area contributed by atoms with Crippen molar-refractivity contribution in [1.82, 2.24) is 15.5 Å². The van der Waals surface area contributed by atoms with E-state index in [4.69, 9.17) is 4.74 Å². The van der Waals surface area contributed by atoms with Crippen molar-refractivity contribution in [2.45, 2.75) is 19.0 Å². The Bertz CT molecular complexity index is 719. The van der Waals surface area contributed by atoms with Crippen LogP contribution in [0.3, 0.4) is 0 Å². The molecule has 140 valence electrons. The van der Waals surface area contributed by atoms with Gasteiger partial charge in [0.2, 0.25) is 0 Å². The van der Waals surface area contributed by atoms with Crippen LogP contribution in [0.25, 0.3) is 0 Å². The number of hydrogen-bond donors (Lipinski definition) is 2. The van der Waals surface area contributed by atoms with E-state index >= 15 is 0 Å². The van der Waals surface area contributed by atoms with Crippen molar-refractivity contribution in [1.29, 1.82) is 0 Å². The number of carbonyl (C=O) groups excluding carboxylic acids is 1. The lowest BCUT2D eigenvalue weighted by Gasteiger charge is -2.27.